The number of ether oxygens (including phenoxy) is 1. The lowest BCUT2D eigenvalue weighted by molar-refractivity contribution is 0.102. The summed E-state index contributed by atoms with van der Waals surface area (Å²) in [7, 11) is 0. The summed E-state index contributed by atoms with van der Waals surface area (Å²) in [6, 6.07) is 20.9. The molecule has 0 unspecified atom stereocenters. The Bertz CT molecular complexity index is 770. The smallest absolute Gasteiger partial charge is 0.221 e. The van der Waals surface area contributed by atoms with Gasteiger partial charge in [0.15, 0.2) is 5.76 Å². The van der Waals surface area contributed by atoms with Crippen LogP contribution in [0.2, 0.25) is 0 Å². The molecule has 3 heteroatoms. The van der Waals surface area contributed by atoms with Crippen molar-refractivity contribution in [3.8, 4) is 5.75 Å². The molecule has 0 N–H and O–H groups in total. The first-order chi connectivity index (χ1) is 11.3. The van der Waals surface area contributed by atoms with Crippen LogP contribution in [0.15, 0.2) is 83.5 Å². The zero-order valence-corrected chi connectivity index (χ0v) is 12.5. The zero-order chi connectivity index (χ0) is 15.9. The van der Waals surface area contributed by atoms with Gasteiger partial charge in [0.25, 0.3) is 0 Å². The van der Waals surface area contributed by atoms with Crippen molar-refractivity contribution >= 4 is 11.9 Å². The molecule has 3 aromatic rings. The fourth-order valence-corrected chi connectivity index (χ4v) is 2.09. The molecule has 0 spiro atoms. The molecule has 1 aromatic heterocycles. The second-order valence-electron chi connectivity index (χ2n) is 5.02. The van der Waals surface area contributed by atoms with Crippen LogP contribution in [0.5, 0.6) is 5.75 Å². The maximum atomic E-state index is 11.8. The van der Waals surface area contributed by atoms with Gasteiger partial charge in [0.1, 0.15) is 12.4 Å². The zero-order valence-electron chi connectivity index (χ0n) is 12.5. The average molecular weight is 304 g/mol. The molecule has 114 valence electrons. The van der Waals surface area contributed by atoms with Crippen molar-refractivity contribution < 1.29 is 13.9 Å². The Morgan fingerprint density at radius 1 is 0.957 bits per heavy atom. The van der Waals surface area contributed by atoms with Crippen LogP contribution in [0.4, 0.5) is 0 Å². The molecule has 23 heavy (non-hydrogen) atoms. The lowest BCUT2D eigenvalue weighted by atomic mass is 10.1. The standard InChI is InChI=1S/C20H16O3/c21-19(20-7-4-14-22-20)13-10-16-8-11-18(12-9-16)23-15-17-5-2-1-3-6-17/h1-14H,15H2/b13-10+. The molecule has 0 bridgehead atoms. The van der Waals surface area contributed by atoms with E-state index >= 15 is 0 Å². The van der Waals surface area contributed by atoms with Gasteiger partial charge in [-0.2, -0.15) is 0 Å². The van der Waals surface area contributed by atoms with E-state index in [4.69, 9.17) is 9.15 Å². The molecular formula is C20H16O3. The number of hydrogen-bond donors (Lipinski definition) is 0. The number of allylic oxidation sites excluding steroid dienone is 1. The van der Waals surface area contributed by atoms with Crippen LogP contribution in [0, 0.1) is 0 Å². The van der Waals surface area contributed by atoms with E-state index < -0.39 is 0 Å². The van der Waals surface area contributed by atoms with Crippen LogP contribution in [0.1, 0.15) is 21.7 Å². The third kappa shape index (κ3) is 4.20. The number of hydrogen-bond acceptors (Lipinski definition) is 3. The minimum absolute atomic E-state index is 0.153. The van der Waals surface area contributed by atoms with Gasteiger partial charge in [0, 0.05) is 0 Å². The largest absolute Gasteiger partial charge is 0.489 e. The molecule has 0 amide bonds. The number of ketones is 1. The molecule has 0 atom stereocenters. The Labute approximate surface area is 134 Å². The summed E-state index contributed by atoms with van der Waals surface area (Å²) in [5, 5.41) is 0. The third-order valence-corrected chi connectivity index (χ3v) is 3.32. The molecule has 1 heterocycles. The van der Waals surface area contributed by atoms with Crippen molar-refractivity contribution in [2.75, 3.05) is 0 Å². The van der Waals surface area contributed by atoms with Gasteiger partial charge in [0.05, 0.1) is 6.26 Å². The lowest BCUT2D eigenvalue weighted by Gasteiger charge is -2.06. The normalized spacial score (nSPS) is 10.8. The number of benzene rings is 2. The molecule has 3 nitrogen and oxygen atoms in total. The first-order valence-corrected chi connectivity index (χ1v) is 7.34. The molecule has 0 aliphatic carbocycles. The topological polar surface area (TPSA) is 39.4 Å². The molecule has 0 saturated carbocycles. The first-order valence-electron chi connectivity index (χ1n) is 7.34. The quantitative estimate of drug-likeness (QED) is 0.487. The molecule has 3 rings (SSSR count). The van der Waals surface area contributed by atoms with Crippen molar-refractivity contribution in [2.45, 2.75) is 6.61 Å². The van der Waals surface area contributed by atoms with Crippen LogP contribution in [0.25, 0.3) is 6.08 Å². The van der Waals surface area contributed by atoms with Gasteiger partial charge in [-0.1, -0.05) is 48.5 Å². The van der Waals surface area contributed by atoms with E-state index in [-0.39, 0.29) is 5.78 Å². The molecule has 0 saturated heterocycles. The van der Waals surface area contributed by atoms with Gasteiger partial charge in [-0.05, 0) is 41.5 Å². The van der Waals surface area contributed by atoms with E-state index in [9.17, 15) is 4.79 Å². The monoisotopic (exact) mass is 304 g/mol. The Kier molecular flexibility index (Phi) is 4.69. The summed E-state index contributed by atoms with van der Waals surface area (Å²) >= 11 is 0. The van der Waals surface area contributed by atoms with Gasteiger partial charge in [0.2, 0.25) is 5.78 Å². The minimum atomic E-state index is -0.153. The molecule has 0 aliphatic heterocycles. The summed E-state index contributed by atoms with van der Waals surface area (Å²) in [4.78, 5) is 11.8. The van der Waals surface area contributed by atoms with Crippen LogP contribution in [-0.2, 0) is 6.61 Å². The molecule has 0 aliphatic rings. The minimum Gasteiger partial charge on any atom is -0.489 e. The van der Waals surface area contributed by atoms with E-state index in [1.54, 1.807) is 18.2 Å². The van der Waals surface area contributed by atoms with Gasteiger partial charge in [-0.3, -0.25) is 4.79 Å². The fourth-order valence-electron chi connectivity index (χ4n) is 2.09. The lowest BCUT2D eigenvalue weighted by Crippen LogP contribution is -1.94. The Balaban J connectivity index is 1.57. The van der Waals surface area contributed by atoms with Crippen LogP contribution >= 0.6 is 0 Å². The average Bonchev–Trinajstić information content (AvgIpc) is 3.14. The summed E-state index contributed by atoms with van der Waals surface area (Å²) in [5.41, 5.74) is 2.05. The Morgan fingerprint density at radius 2 is 1.74 bits per heavy atom. The highest BCUT2D eigenvalue weighted by Crippen LogP contribution is 2.15. The van der Waals surface area contributed by atoms with Crippen LogP contribution < -0.4 is 4.74 Å². The Hall–Kier alpha value is -3.07. The predicted molar refractivity (Wildman–Crippen MR) is 89.3 cm³/mol. The highest BCUT2D eigenvalue weighted by atomic mass is 16.5. The maximum absolute atomic E-state index is 11.8. The number of carbonyl (C=O) groups excluding carboxylic acids is 1. The van der Waals surface area contributed by atoms with Crippen molar-refractivity contribution in [3.63, 3.8) is 0 Å². The second kappa shape index (κ2) is 7.27. The summed E-state index contributed by atoms with van der Waals surface area (Å²) in [6.45, 7) is 0.535. The van der Waals surface area contributed by atoms with Gasteiger partial charge < -0.3 is 9.15 Å². The van der Waals surface area contributed by atoms with E-state index in [0.717, 1.165) is 16.9 Å². The van der Waals surface area contributed by atoms with E-state index in [1.165, 1.54) is 12.3 Å². The Morgan fingerprint density at radius 3 is 2.43 bits per heavy atom. The van der Waals surface area contributed by atoms with Crippen molar-refractivity contribution in [3.05, 3.63) is 96.0 Å². The van der Waals surface area contributed by atoms with Crippen LogP contribution in [-0.4, -0.2) is 5.78 Å². The molecule has 0 fully saturated rings. The summed E-state index contributed by atoms with van der Waals surface area (Å²) in [6.07, 6.45) is 4.74. The fraction of sp³-hybridized carbons (Fsp3) is 0.0500. The first kappa shape index (κ1) is 14.9. The molecule has 2 aromatic carbocycles. The van der Waals surface area contributed by atoms with Crippen molar-refractivity contribution in [1.82, 2.24) is 0 Å². The summed E-state index contributed by atoms with van der Waals surface area (Å²) in [5.74, 6) is 0.979. The SMILES string of the molecule is O=C(/C=C/c1ccc(OCc2ccccc2)cc1)c1ccco1. The molecular weight excluding hydrogens is 288 g/mol. The number of carbonyl (C=O) groups is 1. The highest BCUT2D eigenvalue weighted by Gasteiger charge is 2.03. The van der Waals surface area contributed by atoms with E-state index in [0.29, 0.717) is 12.4 Å². The van der Waals surface area contributed by atoms with Gasteiger partial charge in [-0.25, -0.2) is 0 Å². The number of furan rings is 1. The van der Waals surface area contributed by atoms with Gasteiger partial charge in [-0.15, -0.1) is 0 Å². The second-order valence-corrected chi connectivity index (χ2v) is 5.02. The van der Waals surface area contributed by atoms with Crippen molar-refractivity contribution in [1.29, 1.82) is 0 Å². The number of rotatable bonds is 6. The summed E-state index contributed by atoms with van der Waals surface area (Å²) < 4.78 is 10.8. The predicted octanol–water partition coefficient (Wildman–Crippen LogP) is 4.75. The molecule has 0 radical (unpaired) electrons. The van der Waals surface area contributed by atoms with E-state index in [2.05, 4.69) is 0 Å². The van der Waals surface area contributed by atoms with Crippen LogP contribution in [0.3, 0.4) is 0 Å². The highest BCUT2D eigenvalue weighted by molar-refractivity contribution is 6.04. The van der Waals surface area contributed by atoms with Crippen molar-refractivity contribution in [2.24, 2.45) is 0 Å². The van der Waals surface area contributed by atoms with E-state index in [1.807, 2.05) is 54.6 Å². The van der Waals surface area contributed by atoms with Gasteiger partial charge >= 0.3 is 0 Å². The maximum Gasteiger partial charge on any atom is 0.221 e. The third-order valence-electron chi connectivity index (χ3n) is 3.32.